The van der Waals surface area contributed by atoms with Crippen molar-refractivity contribution in [3.8, 4) is 23.0 Å². The Morgan fingerprint density at radius 3 is 1.75 bits per heavy atom. The van der Waals surface area contributed by atoms with E-state index in [4.69, 9.17) is 27.5 Å². The highest BCUT2D eigenvalue weighted by Gasteiger charge is 2.29. The molecule has 0 saturated heterocycles. The van der Waals surface area contributed by atoms with Gasteiger partial charge in [0.25, 0.3) is 0 Å². The monoisotopic (exact) mass is 734 g/mol. The molecule has 0 spiro atoms. The molecule has 48 heavy (non-hydrogen) atoms. The van der Waals surface area contributed by atoms with E-state index in [0.29, 0.717) is 42.5 Å². The fourth-order valence-corrected chi connectivity index (χ4v) is 8.92. The van der Waals surface area contributed by atoms with Crippen molar-refractivity contribution < 1.29 is 45.5 Å². The van der Waals surface area contributed by atoms with Gasteiger partial charge in [0.2, 0.25) is 35.7 Å². The van der Waals surface area contributed by atoms with Crippen LogP contribution in [0.15, 0.2) is 56.3 Å². The van der Waals surface area contributed by atoms with E-state index in [1.165, 1.54) is 36.8 Å². The zero-order chi connectivity index (χ0) is 34.5. The van der Waals surface area contributed by atoms with Crippen LogP contribution in [0.25, 0.3) is 0 Å². The fraction of sp³-hybridized carbons (Fsp3) is 0.312. The number of nitrogens with one attached hydrogen (secondary N) is 2. The second kappa shape index (κ2) is 15.8. The largest absolute Gasteiger partial charge is 0.454 e. The zero-order valence-electron chi connectivity index (χ0n) is 26.9. The van der Waals surface area contributed by atoms with Gasteiger partial charge in [0.05, 0.1) is 9.77 Å². The quantitative estimate of drug-likeness (QED) is 0.132. The van der Waals surface area contributed by atoms with E-state index in [-0.39, 0.29) is 25.2 Å². The van der Waals surface area contributed by atoms with Gasteiger partial charge in [-0.2, -0.15) is 19.5 Å². The molecule has 6 rings (SSSR count). The van der Waals surface area contributed by atoms with Crippen molar-refractivity contribution in [2.45, 2.75) is 48.6 Å². The number of thiophene rings is 2. The van der Waals surface area contributed by atoms with Crippen LogP contribution in [0, 0.1) is 13.8 Å². The summed E-state index contributed by atoms with van der Waals surface area (Å²) < 4.78 is 55.8. The lowest BCUT2D eigenvalue weighted by molar-refractivity contribution is 0.0957. The Hall–Kier alpha value is -3.48. The standard InChI is InChI=1S/2C16H17NO5S2/c1-9-6-12-13(21-8-20-12)7-11(9)10(2)15(18)16-14(4-5-23-16)24(19)22-17-3;1-9-6-13-14(21-8-20-13)7-12(9)10(2)15(18)11-4-5-23-16(11)24(19)22-17-3/h2*4-7,10,17H,8H2,1-3H3. The predicted molar refractivity (Wildman–Crippen MR) is 182 cm³/mol. The van der Waals surface area contributed by atoms with Crippen LogP contribution in [0.5, 0.6) is 23.0 Å². The Balaban J connectivity index is 0.000000188. The molecule has 4 heterocycles. The van der Waals surface area contributed by atoms with Crippen LogP contribution in [0.2, 0.25) is 0 Å². The van der Waals surface area contributed by atoms with E-state index in [1.54, 1.807) is 22.9 Å². The molecule has 4 atom stereocenters. The Morgan fingerprint density at radius 2 is 1.21 bits per heavy atom. The molecule has 2 aliphatic rings. The van der Waals surface area contributed by atoms with Crippen LogP contribution in [0.1, 0.15) is 68.0 Å². The summed E-state index contributed by atoms with van der Waals surface area (Å²) in [5, 5.41) is 3.47. The number of rotatable bonds is 12. The lowest BCUT2D eigenvalue weighted by Gasteiger charge is -2.15. The number of benzene rings is 2. The van der Waals surface area contributed by atoms with Gasteiger partial charge in [-0.15, -0.1) is 22.7 Å². The van der Waals surface area contributed by atoms with Crippen LogP contribution >= 0.6 is 22.7 Å². The lowest BCUT2D eigenvalue weighted by atomic mass is 9.90. The van der Waals surface area contributed by atoms with Crippen molar-refractivity contribution in [3.05, 3.63) is 79.9 Å². The highest BCUT2D eigenvalue weighted by Crippen LogP contribution is 2.40. The van der Waals surface area contributed by atoms with Gasteiger partial charge in [-0.25, -0.2) is 8.42 Å². The molecular weight excluding hydrogens is 701 g/mol. The molecule has 256 valence electrons. The highest BCUT2D eigenvalue weighted by atomic mass is 32.2. The first-order valence-corrected chi connectivity index (χ1v) is 18.5. The van der Waals surface area contributed by atoms with Gasteiger partial charge in [-0.05, 0) is 83.3 Å². The van der Waals surface area contributed by atoms with Gasteiger partial charge >= 0.3 is 0 Å². The van der Waals surface area contributed by atoms with Gasteiger partial charge in [-0.1, -0.05) is 13.8 Å². The molecule has 0 saturated carbocycles. The molecule has 12 nitrogen and oxygen atoms in total. The zero-order valence-corrected chi connectivity index (χ0v) is 30.2. The molecule has 0 radical (unpaired) electrons. The SMILES string of the molecule is CNOS(=O)c1ccsc1C(=O)C(C)c1cc2c(cc1C)OCO2.CNOS(=O)c1sccc1C(=O)C(C)c1cc2c(cc1C)OCO2. The Labute approximate surface area is 290 Å². The third-order valence-electron chi connectivity index (χ3n) is 7.64. The average molecular weight is 735 g/mol. The number of carbonyl (C=O) groups excluding carboxylic acids is 2. The molecule has 0 amide bonds. The molecule has 2 aromatic carbocycles. The van der Waals surface area contributed by atoms with E-state index < -0.39 is 34.0 Å². The minimum atomic E-state index is -1.73. The van der Waals surface area contributed by atoms with Gasteiger partial charge in [0.1, 0.15) is 4.21 Å². The Morgan fingerprint density at radius 1 is 0.729 bits per heavy atom. The predicted octanol–water partition coefficient (Wildman–Crippen LogP) is 5.89. The van der Waals surface area contributed by atoms with Crippen molar-refractivity contribution in [2.24, 2.45) is 0 Å². The first-order chi connectivity index (χ1) is 23.0. The van der Waals surface area contributed by atoms with Crippen molar-refractivity contribution >= 4 is 56.4 Å². The summed E-state index contributed by atoms with van der Waals surface area (Å²) in [6, 6.07) is 10.8. The number of fused-ring (bicyclic) bond motifs is 2. The van der Waals surface area contributed by atoms with Crippen molar-refractivity contribution in [3.63, 3.8) is 0 Å². The summed E-state index contributed by atoms with van der Waals surface area (Å²) in [5.74, 6) is 1.65. The van der Waals surface area contributed by atoms with Gasteiger partial charge < -0.3 is 18.9 Å². The molecule has 2 aromatic heterocycles. The molecule has 2 aliphatic heterocycles. The smallest absolute Gasteiger partial charge is 0.231 e. The second-order valence-electron chi connectivity index (χ2n) is 10.6. The lowest BCUT2D eigenvalue weighted by Crippen LogP contribution is -2.15. The summed E-state index contributed by atoms with van der Waals surface area (Å²) >= 11 is -0.957. The summed E-state index contributed by atoms with van der Waals surface area (Å²) in [6.45, 7) is 7.90. The molecule has 0 fully saturated rings. The molecular formula is C32H34N2O10S4. The fourth-order valence-electron chi connectivity index (χ4n) is 5.21. The maximum atomic E-state index is 12.9. The molecule has 0 aliphatic carbocycles. The topological polar surface area (TPSA) is 148 Å². The number of hydroxylamine groups is 2. The number of hydrogen-bond donors (Lipinski definition) is 2. The van der Waals surface area contributed by atoms with Crippen LogP contribution < -0.4 is 29.9 Å². The Bertz CT molecular complexity index is 1740. The van der Waals surface area contributed by atoms with Crippen LogP contribution in [0.4, 0.5) is 0 Å². The summed E-state index contributed by atoms with van der Waals surface area (Å²) in [7, 11) is 3.04. The normalized spacial score (nSPS) is 15.3. The maximum Gasteiger partial charge on any atom is 0.231 e. The average Bonchev–Trinajstić information content (AvgIpc) is 3.90. The minimum Gasteiger partial charge on any atom is -0.454 e. The maximum absolute atomic E-state index is 12.9. The first kappa shape index (κ1) is 35.8. The van der Waals surface area contributed by atoms with Gasteiger partial charge in [0, 0.05) is 31.5 Å². The highest BCUT2D eigenvalue weighted by molar-refractivity contribution is 7.82. The van der Waals surface area contributed by atoms with Gasteiger partial charge in [0.15, 0.2) is 34.6 Å². The second-order valence-corrected chi connectivity index (χ2v) is 14.8. The van der Waals surface area contributed by atoms with E-state index in [0.717, 1.165) is 22.3 Å². The van der Waals surface area contributed by atoms with Crippen LogP contribution in [-0.4, -0.2) is 47.7 Å². The molecule has 16 heteroatoms. The molecule has 2 N–H and O–H groups in total. The number of Topliss-reactive ketones (excluding diaryl/α,β-unsaturated/α-hetero) is 2. The van der Waals surface area contributed by atoms with E-state index in [1.807, 2.05) is 52.0 Å². The van der Waals surface area contributed by atoms with Crippen LogP contribution in [-0.2, 0) is 30.7 Å². The minimum absolute atomic E-state index is 0.102. The molecule has 4 unspecified atom stereocenters. The van der Waals surface area contributed by atoms with E-state index >= 15 is 0 Å². The van der Waals surface area contributed by atoms with Crippen molar-refractivity contribution in [1.29, 1.82) is 0 Å². The summed E-state index contributed by atoms with van der Waals surface area (Å²) in [5.41, 5.74) is 8.81. The first-order valence-electron chi connectivity index (χ1n) is 14.6. The number of ether oxygens (including phenoxy) is 4. The number of hydrogen-bond acceptors (Lipinski definition) is 14. The van der Waals surface area contributed by atoms with E-state index in [2.05, 4.69) is 11.0 Å². The number of ketones is 2. The summed E-state index contributed by atoms with van der Waals surface area (Å²) in [6.07, 6.45) is 0. The van der Waals surface area contributed by atoms with Crippen LogP contribution in [0.3, 0.4) is 0 Å². The van der Waals surface area contributed by atoms with Crippen molar-refractivity contribution in [1.82, 2.24) is 11.0 Å². The third-order valence-corrected chi connectivity index (χ3v) is 12.0. The Kier molecular flexibility index (Phi) is 11.8. The molecule has 4 aromatic rings. The third kappa shape index (κ3) is 7.55. The molecule has 0 bridgehead atoms. The van der Waals surface area contributed by atoms with Crippen molar-refractivity contribution in [2.75, 3.05) is 27.7 Å². The van der Waals surface area contributed by atoms with E-state index in [9.17, 15) is 18.0 Å². The number of carbonyl (C=O) groups is 2. The summed E-state index contributed by atoms with van der Waals surface area (Å²) in [4.78, 5) is 26.6. The van der Waals surface area contributed by atoms with Gasteiger partial charge in [-0.3, -0.25) is 9.59 Å². The number of aryl methyl sites for hydroxylation is 2.